The Morgan fingerprint density at radius 1 is 0.909 bits per heavy atom. The quantitative estimate of drug-likeness (QED) is 0.317. The SMILES string of the molecule is Cc1cc(C)c2sc3ccc4c(c3c2c1)-c1ccccc1C4. The van der Waals surface area contributed by atoms with Crippen LogP contribution in [0.1, 0.15) is 22.3 Å². The molecule has 1 aliphatic rings. The summed E-state index contributed by atoms with van der Waals surface area (Å²) < 4.78 is 2.86. The van der Waals surface area contributed by atoms with Crippen molar-refractivity contribution >= 4 is 31.5 Å². The van der Waals surface area contributed by atoms with Gasteiger partial charge in [0.05, 0.1) is 0 Å². The highest BCUT2D eigenvalue weighted by Crippen LogP contribution is 2.47. The lowest BCUT2D eigenvalue weighted by Gasteiger charge is -2.05. The zero-order chi connectivity index (χ0) is 14.8. The second kappa shape index (κ2) is 4.21. The Kier molecular flexibility index (Phi) is 2.38. The van der Waals surface area contributed by atoms with Gasteiger partial charge in [-0.25, -0.2) is 0 Å². The average molecular weight is 300 g/mol. The molecule has 1 heterocycles. The van der Waals surface area contributed by atoms with Gasteiger partial charge in [-0.05, 0) is 60.2 Å². The molecular weight excluding hydrogens is 284 g/mol. The third-order valence-electron chi connectivity index (χ3n) is 4.82. The van der Waals surface area contributed by atoms with E-state index in [0.29, 0.717) is 0 Å². The Labute approximate surface area is 134 Å². The van der Waals surface area contributed by atoms with Gasteiger partial charge in [0.25, 0.3) is 0 Å². The van der Waals surface area contributed by atoms with Gasteiger partial charge in [-0.15, -0.1) is 11.3 Å². The highest BCUT2D eigenvalue weighted by Gasteiger charge is 2.22. The van der Waals surface area contributed by atoms with Gasteiger partial charge in [0.15, 0.2) is 0 Å². The third-order valence-corrected chi connectivity index (χ3v) is 6.13. The van der Waals surface area contributed by atoms with Crippen molar-refractivity contribution in [1.29, 1.82) is 0 Å². The number of fused-ring (bicyclic) bond motifs is 7. The monoisotopic (exact) mass is 300 g/mol. The van der Waals surface area contributed by atoms with Crippen LogP contribution in [0.4, 0.5) is 0 Å². The Bertz CT molecular complexity index is 1070. The third kappa shape index (κ3) is 1.52. The van der Waals surface area contributed by atoms with Gasteiger partial charge >= 0.3 is 0 Å². The number of benzene rings is 3. The zero-order valence-corrected chi connectivity index (χ0v) is 13.6. The molecule has 0 spiro atoms. The van der Waals surface area contributed by atoms with Crippen molar-refractivity contribution in [3.8, 4) is 11.1 Å². The van der Waals surface area contributed by atoms with Gasteiger partial charge in [0.2, 0.25) is 0 Å². The standard InChI is InChI=1S/C21H16S/c1-12-9-13(2)21-17(10-12)20-18(22-21)8-7-15-11-14-5-3-4-6-16(14)19(15)20/h3-10H,11H2,1-2H3. The number of hydrogen-bond acceptors (Lipinski definition) is 1. The molecule has 0 fully saturated rings. The fourth-order valence-electron chi connectivity index (χ4n) is 3.94. The molecule has 1 heteroatoms. The topological polar surface area (TPSA) is 0 Å². The first-order chi connectivity index (χ1) is 10.7. The first kappa shape index (κ1) is 12.4. The van der Waals surface area contributed by atoms with Crippen LogP contribution < -0.4 is 0 Å². The normalized spacial score (nSPS) is 12.8. The summed E-state index contributed by atoms with van der Waals surface area (Å²) in [5, 5.41) is 2.90. The maximum absolute atomic E-state index is 2.36. The molecule has 5 rings (SSSR count). The minimum Gasteiger partial charge on any atom is -0.135 e. The van der Waals surface area contributed by atoms with Gasteiger partial charge in [-0.2, -0.15) is 0 Å². The molecule has 3 aromatic carbocycles. The molecular formula is C21H16S. The molecule has 106 valence electrons. The lowest BCUT2D eigenvalue weighted by molar-refractivity contribution is 1.27. The highest BCUT2D eigenvalue weighted by molar-refractivity contribution is 7.26. The minimum atomic E-state index is 1.07. The van der Waals surface area contributed by atoms with E-state index in [-0.39, 0.29) is 0 Å². The second-order valence-electron chi connectivity index (χ2n) is 6.37. The van der Waals surface area contributed by atoms with E-state index < -0.39 is 0 Å². The lowest BCUT2D eigenvalue weighted by Crippen LogP contribution is -1.81. The van der Waals surface area contributed by atoms with E-state index in [1.807, 2.05) is 11.3 Å². The van der Waals surface area contributed by atoms with Crippen molar-refractivity contribution in [3.05, 3.63) is 70.8 Å². The summed E-state index contributed by atoms with van der Waals surface area (Å²) in [7, 11) is 0. The van der Waals surface area contributed by atoms with E-state index >= 15 is 0 Å². The van der Waals surface area contributed by atoms with Gasteiger partial charge in [-0.3, -0.25) is 0 Å². The Morgan fingerprint density at radius 3 is 2.68 bits per heavy atom. The summed E-state index contributed by atoms with van der Waals surface area (Å²) in [5.74, 6) is 0. The van der Waals surface area contributed by atoms with Gasteiger partial charge in [-0.1, -0.05) is 42.0 Å². The van der Waals surface area contributed by atoms with Crippen LogP contribution in [-0.4, -0.2) is 0 Å². The molecule has 0 aliphatic heterocycles. The largest absolute Gasteiger partial charge is 0.135 e. The summed E-state index contributed by atoms with van der Waals surface area (Å²) >= 11 is 1.94. The van der Waals surface area contributed by atoms with Gasteiger partial charge < -0.3 is 0 Å². The molecule has 1 aliphatic carbocycles. The maximum Gasteiger partial charge on any atom is 0.0385 e. The van der Waals surface area contributed by atoms with Gasteiger partial charge in [0.1, 0.15) is 0 Å². The van der Waals surface area contributed by atoms with E-state index in [9.17, 15) is 0 Å². The number of hydrogen-bond donors (Lipinski definition) is 0. The molecule has 4 aromatic rings. The Hall–Kier alpha value is -2.12. The van der Waals surface area contributed by atoms with Gasteiger partial charge in [0, 0.05) is 20.2 Å². The molecule has 0 bridgehead atoms. The van der Waals surface area contributed by atoms with Crippen LogP contribution >= 0.6 is 11.3 Å². The minimum absolute atomic E-state index is 1.07. The second-order valence-corrected chi connectivity index (χ2v) is 7.42. The highest BCUT2D eigenvalue weighted by atomic mass is 32.1. The molecule has 0 N–H and O–H groups in total. The van der Waals surface area contributed by atoms with Crippen LogP contribution in [0.3, 0.4) is 0 Å². The predicted molar refractivity (Wildman–Crippen MR) is 97.0 cm³/mol. The van der Waals surface area contributed by atoms with Crippen LogP contribution in [0, 0.1) is 13.8 Å². The van der Waals surface area contributed by atoms with E-state index in [0.717, 1.165) is 6.42 Å². The lowest BCUT2D eigenvalue weighted by atomic mass is 9.98. The molecule has 0 nitrogen and oxygen atoms in total. The number of rotatable bonds is 0. The van der Waals surface area contributed by atoms with E-state index in [1.165, 1.54) is 53.6 Å². The molecule has 0 amide bonds. The molecule has 0 unspecified atom stereocenters. The average Bonchev–Trinajstić information content (AvgIpc) is 3.05. The van der Waals surface area contributed by atoms with Crippen LogP contribution in [0.2, 0.25) is 0 Å². The van der Waals surface area contributed by atoms with Crippen LogP contribution in [0.5, 0.6) is 0 Å². The first-order valence-electron chi connectivity index (χ1n) is 7.76. The molecule has 0 atom stereocenters. The molecule has 22 heavy (non-hydrogen) atoms. The number of thiophene rings is 1. The van der Waals surface area contributed by atoms with Crippen molar-refractivity contribution in [1.82, 2.24) is 0 Å². The number of aryl methyl sites for hydroxylation is 2. The summed E-state index contributed by atoms with van der Waals surface area (Å²) in [6.45, 7) is 4.44. The Morgan fingerprint density at radius 2 is 1.77 bits per heavy atom. The Balaban J connectivity index is 2.02. The first-order valence-corrected chi connectivity index (χ1v) is 8.57. The summed E-state index contributed by atoms with van der Waals surface area (Å²) in [6, 6.07) is 18.2. The molecule has 0 saturated carbocycles. The molecule has 1 aromatic heterocycles. The predicted octanol–water partition coefficient (Wildman–Crippen LogP) is 6.24. The van der Waals surface area contributed by atoms with Crippen molar-refractivity contribution < 1.29 is 0 Å². The maximum atomic E-state index is 2.36. The van der Waals surface area contributed by atoms with E-state index in [4.69, 9.17) is 0 Å². The van der Waals surface area contributed by atoms with Crippen molar-refractivity contribution in [2.45, 2.75) is 20.3 Å². The summed E-state index contributed by atoms with van der Waals surface area (Å²) in [5.41, 5.74) is 8.61. The van der Waals surface area contributed by atoms with Crippen LogP contribution in [0.15, 0.2) is 48.5 Å². The molecule has 0 radical (unpaired) electrons. The van der Waals surface area contributed by atoms with Crippen LogP contribution in [-0.2, 0) is 6.42 Å². The smallest absolute Gasteiger partial charge is 0.0385 e. The fraction of sp³-hybridized carbons (Fsp3) is 0.143. The van der Waals surface area contributed by atoms with Crippen LogP contribution in [0.25, 0.3) is 31.3 Å². The van der Waals surface area contributed by atoms with Crippen molar-refractivity contribution in [2.24, 2.45) is 0 Å². The van der Waals surface area contributed by atoms with E-state index in [1.54, 1.807) is 0 Å². The summed E-state index contributed by atoms with van der Waals surface area (Å²) in [6.07, 6.45) is 1.07. The van der Waals surface area contributed by atoms with Crippen molar-refractivity contribution in [3.63, 3.8) is 0 Å². The van der Waals surface area contributed by atoms with E-state index in [2.05, 4.69) is 62.4 Å². The molecule has 0 saturated heterocycles. The summed E-state index contributed by atoms with van der Waals surface area (Å²) in [4.78, 5) is 0. The van der Waals surface area contributed by atoms with Crippen molar-refractivity contribution in [2.75, 3.05) is 0 Å². The zero-order valence-electron chi connectivity index (χ0n) is 12.7. The fourth-order valence-corrected chi connectivity index (χ4v) is 5.10.